The summed E-state index contributed by atoms with van der Waals surface area (Å²) >= 11 is 1.52. The summed E-state index contributed by atoms with van der Waals surface area (Å²) in [5.41, 5.74) is 4.04. The Morgan fingerprint density at radius 1 is 1.16 bits per heavy atom. The number of rotatable bonds is 4. The molecule has 0 N–H and O–H groups in total. The number of thioether (sulfide) groups is 1. The van der Waals surface area contributed by atoms with Crippen LogP contribution < -0.4 is 0 Å². The molecule has 0 aliphatic heterocycles. The minimum atomic E-state index is 0.563. The Morgan fingerprint density at radius 3 is 2.84 bits per heavy atom. The first-order valence-electron chi connectivity index (χ1n) is 8.39. The van der Waals surface area contributed by atoms with Crippen molar-refractivity contribution in [1.82, 2.24) is 9.97 Å². The van der Waals surface area contributed by atoms with E-state index in [0.29, 0.717) is 17.2 Å². The van der Waals surface area contributed by atoms with Crippen LogP contribution in [0.4, 0.5) is 0 Å². The van der Waals surface area contributed by atoms with Crippen LogP contribution in [0, 0.1) is 11.3 Å². The van der Waals surface area contributed by atoms with Crippen LogP contribution in [-0.4, -0.2) is 9.97 Å². The van der Waals surface area contributed by atoms with E-state index in [0.717, 1.165) is 34.9 Å². The number of oxazole rings is 1. The van der Waals surface area contributed by atoms with E-state index >= 15 is 0 Å². The highest BCUT2D eigenvalue weighted by molar-refractivity contribution is 7.98. The first kappa shape index (κ1) is 15.9. The third-order valence-corrected chi connectivity index (χ3v) is 5.31. The van der Waals surface area contributed by atoms with Crippen LogP contribution in [0.2, 0.25) is 0 Å². The highest BCUT2D eigenvalue weighted by Crippen LogP contribution is 2.30. The van der Waals surface area contributed by atoms with E-state index in [1.165, 1.54) is 30.2 Å². The monoisotopic (exact) mass is 347 g/mol. The van der Waals surface area contributed by atoms with Gasteiger partial charge in [0.25, 0.3) is 0 Å². The number of nitrogens with zero attached hydrogens (tertiary/aromatic N) is 3. The molecule has 0 bridgehead atoms. The van der Waals surface area contributed by atoms with Crippen molar-refractivity contribution in [3.8, 4) is 17.4 Å². The molecule has 0 saturated carbocycles. The number of aryl methyl sites for hydroxylation is 2. The Morgan fingerprint density at radius 2 is 2.00 bits per heavy atom. The second-order valence-corrected chi connectivity index (χ2v) is 7.00. The SMILES string of the molecule is N#Cc1cc2c(nc1SCc1ncc(-c3ccccc3)o1)CCCC2. The maximum atomic E-state index is 9.43. The van der Waals surface area contributed by atoms with Gasteiger partial charge in [-0.25, -0.2) is 9.97 Å². The molecular formula is C20H17N3OS. The van der Waals surface area contributed by atoms with Crippen molar-refractivity contribution in [3.05, 3.63) is 65.3 Å². The molecule has 2 heterocycles. The van der Waals surface area contributed by atoms with Crippen LogP contribution in [0.5, 0.6) is 0 Å². The lowest BCUT2D eigenvalue weighted by atomic mass is 9.95. The molecule has 0 spiro atoms. The first-order valence-corrected chi connectivity index (χ1v) is 9.38. The summed E-state index contributed by atoms with van der Waals surface area (Å²) in [6, 6.07) is 14.2. The van der Waals surface area contributed by atoms with Gasteiger partial charge in [-0.05, 0) is 37.3 Å². The van der Waals surface area contributed by atoms with E-state index in [1.807, 2.05) is 36.4 Å². The molecule has 0 atom stereocenters. The van der Waals surface area contributed by atoms with Crippen LogP contribution in [-0.2, 0) is 18.6 Å². The van der Waals surface area contributed by atoms with Gasteiger partial charge in [0.2, 0.25) is 5.89 Å². The van der Waals surface area contributed by atoms with E-state index in [2.05, 4.69) is 11.1 Å². The van der Waals surface area contributed by atoms with Crippen molar-refractivity contribution in [3.63, 3.8) is 0 Å². The quantitative estimate of drug-likeness (QED) is 0.636. The Bertz CT molecular complexity index is 928. The molecule has 0 saturated heterocycles. The van der Waals surface area contributed by atoms with Gasteiger partial charge in [-0.15, -0.1) is 0 Å². The van der Waals surface area contributed by atoms with Gasteiger partial charge in [-0.1, -0.05) is 42.1 Å². The second-order valence-electron chi connectivity index (χ2n) is 6.04. The van der Waals surface area contributed by atoms with Gasteiger partial charge >= 0.3 is 0 Å². The summed E-state index contributed by atoms with van der Waals surface area (Å²) in [5.74, 6) is 1.97. The zero-order chi connectivity index (χ0) is 17.1. The lowest BCUT2D eigenvalue weighted by Crippen LogP contribution is -2.07. The molecule has 124 valence electrons. The summed E-state index contributed by atoms with van der Waals surface area (Å²) in [4.78, 5) is 9.09. The van der Waals surface area contributed by atoms with Crippen LogP contribution in [0.25, 0.3) is 11.3 Å². The van der Waals surface area contributed by atoms with Crippen molar-refractivity contribution in [2.24, 2.45) is 0 Å². The lowest BCUT2D eigenvalue weighted by Gasteiger charge is -2.16. The predicted molar refractivity (Wildman–Crippen MR) is 97.1 cm³/mol. The summed E-state index contributed by atoms with van der Waals surface area (Å²) in [6.07, 6.45) is 6.14. The van der Waals surface area contributed by atoms with Gasteiger partial charge in [0.15, 0.2) is 5.76 Å². The van der Waals surface area contributed by atoms with Gasteiger partial charge in [-0.3, -0.25) is 0 Å². The van der Waals surface area contributed by atoms with Crippen LogP contribution in [0.1, 0.15) is 35.6 Å². The van der Waals surface area contributed by atoms with Gasteiger partial charge < -0.3 is 4.42 Å². The topological polar surface area (TPSA) is 62.7 Å². The normalized spacial score (nSPS) is 13.2. The summed E-state index contributed by atoms with van der Waals surface area (Å²) < 4.78 is 5.83. The molecule has 3 aromatic rings. The van der Waals surface area contributed by atoms with Gasteiger partial charge in [0.05, 0.1) is 17.5 Å². The fourth-order valence-electron chi connectivity index (χ4n) is 3.05. The Hall–Kier alpha value is -2.58. The van der Waals surface area contributed by atoms with Crippen molar-refractivity contribution >= 4 is 11.8 Å². The molecule has 1 aromatic carbocycles. The maximum Gasteiger partial charge on any atom is 0.205 e. The maximum absolute atomic E-state index is 9.43. The summed E-state index contributed by atoms with van der Waals surface area (Å²) in [6.45, 7) is 0. The van der Waals surface area contributed by atoms with Crippen molar-refractivity contribution in [2.75, 3.05) is 0 Å². The molecule has 1 aliphatic carbocycles. The molecule has 4 rings (SSSR count). The van der Waals surface area contributed by atoms with E-state index in [-0.39, 0.29) is 0 Å². The lowest BCUT2D eigenvalue weighted by molar-refractivity contribution is 0.530. The molecule has 2 aromatic heterocycles. The zero-order valence-corrected chi connectivity index (χ0v) is 14.6. The molecule has 5 heteroatoms. The van der Waals surface area contributed by atoms with Crippen molar-refractivity contribution < 1.29 is 4.42 Å². The van der Waals surface area contributed by atoms with E-state index in [4.69, 9.17) is 9.40 Å². The smallest absolute Gasteiger partial charge is 0.205 e. The molecule has 0 unspecified atom stereocenters. The van der Waals surface area contributed by atoms with E-state index < -0.39 is 0 Å². The number of aromatic nitrogens is 2. The zero-order valence-electron chi connectivity index (χ0n) is 13.7. The molecule has 4 nitrogen and oxygen atoms in total. The van der Waals surface area contributed by atoms with E-state index in [9.17, 15) is 5.26 Å². The standard InChI is InChI=1S/C20H17N3OS/c21-11-16-10-15-8-4-5-9-17(15)23-20(16)25-13-19-22-12-18(24-19)14-6-2-1-3-7-14/h1-3,6-7,10,12H,4-5,8-9,13H2. The Kier molecular flexibility index (Phi) is 4.53. The average molecular weight is 347 g/mol. The number of hydrogen-bond acceptors (Lipinski definition) is 5. The average Bonchev–Trinajstić information content (AvgIpc) is 3.15. The largest absolute Gasteiger partial charge is 0.440 e. The third-order valence-electron chi connectivity index (χ3n) is 4.33. The highest BCUT2D eigenvalue weighted by atomic mass is 32.2. The number of nitriles is 1. The van der Waals surface area contributed by atoms with Crippen LogP contribution >= 0.6 is 11.8 Å². The third kappa shape index (κ3) is 3.45. The summed E-state index contributed by atoms with van der Waals surface area (Å²) in [5, 5.41) is 10.2. The fourth-order valence-corrected chi connectivity index (χ4v) is 3.88. The van der Waals surface area contributed by atoms with Gasteiger partial charge in [0, 0.05) is 11.3 Å². The molecule has 0 radical (unpaired) electrons. The second kappa shape index (κ2) is 7.12. The minimum absolute atomic E-state index is 0.563. The number of benzene rings is 1. The number of fused-ring (bicyclic) bond motifs is 1. The van der Waals surface area contributed by atoms with E-state index in [1.54, 1.807) is 6.20 Å². The van der Waals surface area contributed by atoms with Crippen molar-refractivity contribution in [1.29, 1.82) is 5.26 Å². The van der Waals surface area contributed by atoms with Crippen molar-refractivity contribution in [2.45, 2.75) is 36.5 Å². The molecule has 0 amide bonds. The summed E-state index contributed by atoms with van der Waals surface area (Å²) in [7, 11) is 0. The molecule has 1 aliphatic rings. The Labute approximate surface area is 150 Å². The minimum Gasteiger partial charge on any atom is -0.440 e. The fraction of sp³-hybridized carbons (Fsp3) is 0.250. The van der Waals surface area contributed by atoms with Gasteiger partial charge in [0.1, 0.15) is 11.1 Å². The van der Waals surface area contributed by atoms with Gasteiger partial charge in [-0.2, -0.15) is 5.26 Å². The van der Waals surface area contributed by atoms with Crippen LogP contribution in [0.3, 0.4) is 0 Å². The highest BCUT2D eigenvalue weighted by Gasteiger charge is 2.16. The number of pyridine rings is 1. The Balaban J connectivity index is 1.52. The first-order chi connectivity index (χ1) is 12.3. The van der Waals surface area contributed by atoms with Crippen LogP contribution in [0.15, 0.2) is 52.0 Å². The molecule has 0 fully saturated rings. The molecular weight excluding hydrogens is 330 g/mol. The predicted octanol–water partition coefficient (Wildman–Crippen LogP) is 4.78. The number of hydrogen-bond donors (Lipinski definition) is 0. The molecule has 25 heavy (non-hydrogen) atoms.